The molecule has 83 heavy (non-hydrogen) atoms. The number of hydrogen-bond donors (Lipinski definition) is 12. The van der Waals surface area contributed by atoms with Crippen LogP contribution in [-0.4, -0.2) is 172 Å². The van der Waals surface area contributed by atoms with Crippen LogP contribution in [0, 0.1) is 5.92 Å². The van der Waals surface area contributed by atoms with Crippen molar-refractivity contribution in [3.05, 3.63) is 83.9 Å². The van der Waals surface area contributed by atoms with Gasteiger partial charge in [-0.05, 0) is 99.1 Å². The number of unbranched alkanes of at least 4 members (excludes halogenated alkanes) is 1. The number of likely N-dealkylation sites (tertiary alicyclic amines) is 2. The molecule has 9 amide bonds. The topological polar surface area (TPSA) is 392 Å². The third-order valence-corrected chi connectivity index (χ3v) is 15.1. The Morgan fingerprint density at radius 3 is 2.00 bits per heavy atom. The highest BCUT2D eigenvalue weighted by molar-refractivity contribution is 5.99. The van der Waals surface area contributed by atoms with Gasteiger partial charge in [0.1, 0.15) is 47.8 Å². The van der Waals surface area contributed by atoms with E-state index in [-0.39, 0.29) is 70.5 Å². The zero-order valence-corrected chi connectivity index (χ0v) is 47.8. The fraction of sp³-hybridized carbons (Fsp3) is 0.534. The molecule has 25 heteroatoms. The molecule has 15 N–H and O–H groups in total. The van der Waals surface area contributed by atoms with Gasteiger partial charge in [0.15, 0.2) is 5.96 Å². The molecule has 2 fully saturated rings. The molecule has 0 bridgehead atoms. The van der Waals surface area contributed by atoms with Gasteiger partial charge in [0.05, 0.1) is 13.2 Å². The van der Waals surface area contributed by atoms with Crippen molar-refractivity contribution >= 4 is 75.9 Å². The molecule has 0 saturated carbocycles. The predicted molar refractivity (Wildman–Crippen MR) is 309 cm³/mol. The van der Waals surface area contributed by atoms with Crippen LogP contribution in [0.25, 0.3) is 10.8 Å². The van der Waals surface area contributed by atoms with Crippen molar-refractivity contribution in [3.8, 4) is 0 Å². The van der Waals surface area contributed by atoms with Crippen LogP contribution in [0.2, 0.25) is 0 Å². The van der Waals surface area contributed by atoms with Crippen molar-refractivity contribution in [2.45, 2.75) is 153 Å². The SMILES string of the molecule is CCC(C)C(NC(=O)C(Cc1ccc2ccccc2c1)NC(=O)C(CO)NC(=O)C(C)(Cc1ccccc1)NC(=O)CNC(=O)C1CCCN1C(=O)C1CCCN1C(=O)C(CCCN=C(N)N)NC(=O)C(CCCCN)NC(C)=O)C(=O)O. The maximum Gasteiger partial charge on any atom is 0.326 e. The Balaban J connectivity index is 1.28. The minimum Gasteiger partial charge on any atom is -0.480 e. The molecule has 2 aliphatic rings. The number of nitrogens with one attached hydrogen (secondary N) is 7. The zero-order valence-electron chi connectivity index (χ0n) is 47.8. The second kappa shape index (κ2) is 31.9. The first-order chi connectivity index (χ1) is 39.6. The van der Waals surface area contributed by atoms with Crippen LogP contribution in [0.5, 0.6) is 0 Å². The maximum absolute atomic E-state index is 14.4. The summed E-state index contributed by atoms with van der Waals surface area (Å²) in [5, 5.41) is 40.7. The van der Waals surface area contributed by atoms with E-state index in [1.54, 1.807) is 50.2 Å². The first-order valence-corrected chi connectivity index (χ1v) is 28.4. The van der Waals surface area contributed by atoms with Crippen LogP contribution in [0.15, 0.2) is 77.8 Å². The number of aliphatic hydroxyl groups is 1. The number of guanidine groups is 1. The fourth-order valence-corrected chi connectivity index (χ4v) is 10.4. The monoisotopic (exact) mass is 1150 g/mol. The van der Waals surface area contributed by atoms with Crippen LogP contribution in [0.1, 0.15) is 103 Å². The molecular weight excluding hydrogens is 1070 g/mol. The van der Waals surface area contributed by atoms with Crippen LogP contribution >= 0.6 is 0 Å². The fourth-order valence-electron chi connectivity index (χ4n) is 10.4. The molecule has 0 radical (unpaired) electrons. The zero-order chi connectivity index (χ0) is 60.8. The summed E-state index contributed by atoms with van der Waals surface area (Å²) < 4.78 is 0. The first-order valence-electron chi connectivity index (χ1n) is 28.4. The van der Waals surface area contributed by atoms with E-state index >= 15 is 0 Å². The smallest absolute Gasteiger partial charge is 0.326 e. The average Bonchev–Trinajstić information content (AvgIpc) is 4.39. The van der Waals surface area contributed by atoms with Crippen molar-refractivity contribution in [1.82, 2.24) is 47.0 Å². The average molecular weight is 1150 g/mol. The minimum atomic E-state index is -1.84. The van der Waals surface area contributed by atoms with Gasteiger partial charge >= 0.3 is 5.97 Å². The summed E-state index contributed by atoms with van der Waals surface area (Å²) in [5.74, 6) is -8.15. The number of aliphatic carboxylic acids is 1. The molecule has 0 spiro atoms. The molecule has 9 atom stereocenters. The minimum absolute atomic E-state index is 0.0918. The Morgan fingerprint density at radius 1 is 0.723 bits per heavy atom. The van der Waals surface area contributed by atoms with Gasteiger partial charge in [-0.1, -0.05) is 93.1 Å². The van der Waals surface area contributed by atoms with Crippen molar-refractivity contribution < 1.29 is 58.2 Å². The highest BCUT2D eigenvalue weighted by Crippen LogP contribution is 2.27. The first kappa shape index (κ1) is 65.6. The number of carbonyl (C=O) groups excluding carboxylic acids is 9. The lowest BCUT2D eigenvalue weighted by atomic mass is 9.91. The van der Waals surface area contributed by atoms with Gasteiger partial charge in [0.25, 0.3) is 0 Å². The van der Waals surface area contributed by atoms with Crippen LogP contribution in [-0.2, 0) is 60.8 Å². The summed E-state index contributed by atoms with van der Waals surface area (Å²) in [7, 11) is 0. The molecule has 9 unspecified atom stereocenters. The molecule has 2 aliphatic heterocycles. The van der Waals surface area contributed by atoms with Gasteiger partial charge in [-0.3, -0.25) is 48.1 Å². The van der Waals surface area contributed by atoms with E-state index in [1.807, 2.05) is 36.4 Å². The van der Waals surface area contributed by atoms with Gasteiger partial charge in [0.2, 0.25) is 53.2 Å². The largest absolute Gasteiger partial charge is 0.480 e. The number of carboxylic acid groups (broad SMARTS) is 1. The lowest BCUT2D eigenvalue weighted by Gasteiger charge is -2.33. The number of benzene rings is 3. The van der Waals surface area contributed by atoms with Gasteiger partial charge in [-0.25, -0.2) is 4.79 Å². The van der Waals surface area contributed by atoms with Gasteiger partial charge < -0.3 is 74.4 Å². The summed E-state index contributed by atoms with van der Waals surface area (Å²) in [5.41, 5.74) is 16.1. The molecule has 2 heterocycles. The number of nitrogens with two attached hydrogens (primary N) is 3. The molecule has 452 valence electrons. The van der Waals surface area contributed by atoms with Crippen molar-refractivity contribution in [1.29, 1.82) is 0 Å². The van der Waals surface area contributed by atoms with Gasteiger partial charge in [-0.15, -0.1) is 0 Å². The Bertz CT molecular complexity index is 2800. The molecule has 2 saturated heterocycles. The lowest BCUT2D eigenvalue weighted by Crippen LogP contribution is -2.64. The summed E-state index contributed by atoms with van der Waals surface area (Å²) in [6, 6.07) is 13.1. The highest BCUT2D eigenvalue weighted by atomic mass is 16.4. The number of aliphatic hydroxyl groups excluding tert-OH is 1. The maximum atomic E-state index is 14.4. The molecule has 5 rings (SSSR count). The Kier molecular flexibility index (Phi) is 25.2. The highest BCUT2D eigenvalue weighted by Gasteiger charge is 2.45. The summed E-state index contributed by atoms with van der Waals surface area (Å²) in [4.78, 5) is 144. The van der Waals surface area contributed by atoms with Gasteiger partial charge in [-0.2, -0.15) is 0 Å². The van der Waals surface area contributed by atoms with E-state index in [2.05, 4.69) is 42.2 Å². The Morgan fingerprint density at radius 2 is 1.35 bits per heavy atom. The van der Waals surface area contributed by atoms with Crippen molar-refractivity contribution in [3.63, 3.8) is 0 Å². The molecule has 0 aliphatic carbocycles. The van der Waals surface area contributed by atoms with Crippen LogP contribution in [0.3, 0.4) is 0 Å². The number of carboxylic acids is 1. The van der Waals surface area contributed by atoms with Crippen LogP contribution < -0.4 is 54.4 Å². The van der Waals surface area contributed by atoms with E-state index < -0.39 is 126 Å². The summed E-state index contributed by atoms with van der Waals surface area (Å²) >= 11 is 0. The summed E-state index contributed by atoms with van der Waals surface area (Å²) in [6.45, 7) is 5.41. The predicted octanol–water partition coefficient (Wildman–Crippen LogP) is -0.652. The summed E-state index contributed by atoms with van der Waals surface area (Å²) in [6.07, 6.45) is 3.38. The normalized spacial score (nSPS) is 17.7. The molecule has 3 aromatic carbocycles. The molecule has 0 aromatic heterocycles. The third-order valence-electron chi connectivity index (χ3n) is 15.1. The number of fused-ring (bicyclic) bond motifs is 1. The van der Waals surface area contributed by atoms with E-state index in [4.69, 9.17) is 17.2 Å². The number of amides is 9. The van der Waals surface area contributed by atoms with Crippen molar-refractivity contribution in [2.75, 3.05) is 39.3 Å². The Hall–Kier alpha value is -8.19. The van der Waals surface area contributed by atoms with E-state index in [1.165, 1.54) is 23.6 Å². The number of nitrogens with zero attached hydrogens (tertiary/aromatic N) is 3. The lowest BCUT2D eigenvalue weighted by molar-refractivity contribution is -0.148. The quantitative estimate of drug-likeness (QED) is 0.0216. The van der Waals surface area contributed by atoms with Crippen LogP contribution in [0.4, 0.5) is 0 Å². The molecule has 3 aromatic rings. The standard InChI is InChI=1S/C58H83N13O12/c1-5-35(2)48(55(81)82)68-50(76)43(31-38-24-25-39-18-9-10-19-40(39)30-38)66-51(77)44(34-72)67-56(83)58(4,32-37-16-7-6-8-17-37)69-47(74)33-63-52(78)45-22-14-28-70(45)54(80)46-23-15-29-71(46)53(79)42(21-13-27-62-57(60)61)65-49(75)41(64-36(3)73)20-11-12-26-59/h6-10,16-19,24-25,30,35,41-46,48,72H,5,11-15,20-23,26-29,31-34,59H2,1-4H3,(H,63,78)(H,64,73)(H,65,75)(H,66,77)(H,67,83)(H,68,76)(H,69,74)(H,81,82)(H4,60,61,62). The van der Waals surface area contributed by atoms with Crippen molar-refractivity contribution in [2.24, 2.45) is 28.1 Å². The number of rotatable bonds is 31. The molecular formula is C58H83N13O12. The number of carbonyl (C=O) groups is 10. The van der Waals surface area contributed by atoms with E-state index in [0.717, 1.165) is 10.8 Å². The van der Waals surface area contributed by atoms with Gasteiger partial charge in [0, 0.05) is 39.4 Å². The Labute approximate surface area is 483 Å². The number of hydrogen-bond acceptors (Lipinski definition) is 13. The second-order valence-corrected chi connectivity index (χ2v) is 21.6. The number of aliphatic imine (C=N–C) groups is 1. The molecule has 25 nitrogen and oxygen atoms in total. The second-order valence-electron chi connectivity index (χ2n) is 21.6. The van der Waals surface area contributed by atoms with E-state index in [9.17, 15) is 58.2 Å². The van der Waals surface area contributed by atoms with E-state index in [0.29, 0.717) is 49.8 Å². The third kappa shape index (κ3) is 19.2.